The lowest BCUT2D eigenvalue weighted by molar-refractivity contribution is -0.150. The molecule has 1 aromatic rings. The van der Waals surface area contributed by atoms with Crippen molar-refractivity contribution >= 4 is 11.9 Å². The van der Waals surface area contributed by atoms with E-state index in [9.17, 15) is 9.59 Å². The van der Waals surface area contributed by atoms with Crippen LogP contribution in [-0.2, 0) is 16.1 Å². The van der Waals surface area contributed by atoms with Crippen LogP contribution in [0, 0.1) is 0 Å². The van der Waals surface area contributed by atoms with Crippen molar-refractivity contribution < 1.29 is 14.7 Å². The normalized spacial score (nSPS) is 10.2. The molecule has 0 unspecified atom stereocenters. The number of carboxylic acids is 1. The third-order valence-corrected chi connectivity index (χ3v) is 2.27. The van der Waals surface area contributed by atoms with Gasteiger partial charge in [0.15, 0.2) is 0 Å². The van der Waals surface area contributed by atoms with Crippen molar-refractivity contribution in [3.05, 3.63) is 35.9 Å². The number of carbonyl (C=O) groups is 2. The molecular formula is C12H16N2O3. The van der Waals surface area contributed by atoms with Gasteiger partial charge >= 0.3 is 11.9 Å². The van der Waals surface area contributed by atoms with E-state index in [1.54, 1.807) is 0 Å². The summed E-state index contributed by atoms with van der Waals surface area (Å²) in [6.07, 6.45) is 0. The van der Waals surface area contributed by atoms with Crippen LogP contribution in [0.4, 0.5) is 0 Å². The van der Waals surface area contributed by atoms with Gasteiger partial charge in [-0.15, -0.1) is 0 Å². The number of rotatable bonds is 5. The zero-order chi connectivity index (χ0) is 12.7. The first-order valence-corrected chi connectivity index (χ1v) is 5.33. The van der Waals surface area contributed by atoms with E-state index in [-0.39, 0.29) is 0 Å². The van der Waals surface area contributed by atoms with Crippen molar-refractivity contribution in [2.24, 2.45) is 0 Å². The van der Waals surface area contributed by atoms with E-state index in [0.717, 1.165) is 6.54 Å². The Morgan fingerprint density at radius 1 is 1.29 bits per heavy atom. The fraction of sp³-hybridized carbons (Fsp3) is 0.333. The van der Waals surface area contributed by atoms with Crippen LogP contribution in [0.15, 0.2) is 30.3 Å². The summed E-state index contributed by atoms with van der Waals surface area (Å²) in [6, 6.07) is 9.93. The zero-order valence-electron chi connectivity index (χ0n) is 9.72. The van der Waals surface area contributed by atoms with Crippen LogP contribution < -0.4 is 5.32 Å². The molecule has 1 rings (SSSR count). The summed E-state index contributed by atoms with van der Waals surface area (Å²) in [5, 5.41) is 10.7. The third kappa shape index (κ3) is 5.12. The molecule has 0 saturated heterocycles. The third-order valence-electron chi connectivity index (χ3n) is 2.27. The van der Waals surface area contributed by atoms with Gasteiger partial charge in [0, 0.05) is 19.6 Å². The molecule has 17 heavy (non-hydrogen) atoms. The monoisotopic (exact) mass is 236 g/mol. The van der Waals surface area contributed by atoms with Gasteiger partial charge in [0.1, 0.15) is 0 Å². The Hall–Kier alpha value is -1.88. The lowest BCUT2D eigenvalue weighted by atomic mass is 10.2. The lowest BCUT2D eigenvalue weighted by Crippen LogP contribution is -2.36. The Kier molecular flexibility index (Phi) is 5.16. The van der Waals surface area contributed by atoms with Gasteiger partial charge in [0.2, 0.25) is 0 Å². The second-order valence-corrected chi connectivity index (χ2v) is 3.78. The summed E-state index contributed by atoms with van der Waals surface area (Å²) in [4.78, 5) is 23.0. The topological polar surface area (TPSA) is 69.6 Å². The zero-order valence-corrected chi connectivity index (χ0v) is 9.72. The SMILES string of the molecule is CN(CCNC(=O)C(=O)O)Cc1ccccc1. The molecule has 0 aliphatic carbocycles. The minimum Gasteiger partial charge on any atom is -0.474 e. The second-order valence-electron chi connectivity index (χ2n) is 3.78. The van der Waals surface area contributed by atoms with E-state index < -0.39 is 11.9 Å². The minimum atomic E-state index is -1.45. The van der Waals surface area contributed by atoms with Gasteiger partial charge in [-0.1, -0.05) is 30.3 Å². The summed E-state index contributed by atoms with van der Waals surface area (Å²) in [5.74, 6) is -2.41. The maximum absolute atomic E-state index is 10.8. The van der Waals surface area contributed by atoms with Crippen LogP contribution in [0.5, 0.6) is 0 Å². The Balaban J connectivity index is 2.24. The largest absolute Gasteiger partial charge is 0.474 e. The number of aliphatic carboxylic acids is 1. The van der Waals surface area contributed by atoms with Gasteiger partial charge in [-0.05, 0) is 12.6 Å². The Labute approximate surface area is 100 Å². The van der Waals surface area contributed by atoms with Crippen molar-refractivity contribution in [2.45, 2.75) is 6.54 Å². The van der Waals surface area contributed by atoms with Crippen LogP contribution >= 0.6 is 0 Å². The first-order chi connectivity index (χ1) is 8.09. The van der Waals surface area contributed by atoms with Crippen molar-refractivity contribution in [3.8, 4) is 0 Å². The first kappa shape index (κ1) is 13.2. The highest BCUT2D eigenvalue weighted by Gasteiger charge is 2.09. The molecular weight excluding hydrogens is 220 g/mol. The molecule has 0 aliphatic heterocycles. The maximum Gasteiger partial charge on any atom is 0.394 e. The van der Waals surface area contributed by atoms with E-state index in [1.807, 2.05) is 42.3 Å². The summed E-state index contributed by atoms with van der Waals surface area (Å²) < 4.78 is 0. The Bertz CT molecular complexity index is 379. The standard InChI is InChI=1S/C12H16N2O3/c1-14(8-7-13-11(15)12(16)17)9-10-5-3-2-4-6-10/h2-6H,7-9H2,1H3,(H,13,15)(H,16,17). The van der Waals surface area contributed by atoms with Crippen molar-refractivity contribution in [2.75, 3.05) is 20.1 Å². The van der Waals surface area contributed by atoms with Gasteiger partial charge in [-0.2, -0.15) is 0 Å². The average Bonchev–Trinajstić information content (AvgIpc) is 2.30. The lowest BCUT2D eigenvalue weighted by Gasteiger charge is -2.16. The Morgan fingerprint density at radius 3 is 2.53 bits per heavy atom. The molecule has 0 atom stereocenters. The number of hydrogen-bond donors (Lipinski definition) is 2. The van der Waals surface area contributed by atoms with Gasteiger partial charge in [-0.25, -0.2) is 4.79 Å². The fourth-order valence-corrected chi connectivity index (χ4v) is 1.41. The van der Waals surface area contributed by atoms with Gasteiger partial charge in [0.05, 0.1) is 0 Å². The number of carbonyl (C=O) groups excluding carboxylic acids is 1. The van der Waals surface area contributed by atoms with Crippen molar-refractivity contribution in [1.82, 2.24) is 10.2 Å². The molecule has 0 radical (unpaired) electrons. The van der Waals surface area contributed by atoms with Crippen LogP contribution in [0.3, 0.4) is 0 Å². The van der Waals surface area contributed by atoms with E-state index in [1.165, 1.54) is 5.56 Å². The summed E-state index contributed by atoms with van der Waals surface area (Å²) in [7, 11) is 1.92. The van der Waals surface area contributed by atoms with Crippen molar-refractivity contribution in [1.29, 1.82) is 0 Å². The second kappa shape index (κ2) is 6.65. The highest BCUT2D eigenvalue weighted by Crippen LogP contribution is 2.01. The fourth-order valence-electron chi connectivity index (χ4n) is 1.41. The molecule has 0 bridgehead atoms. The molecule has 5 heteroatoms. The Morgan fingerprint density at radius 2 is 1.94 bits per heavy atom. The van der Waals surface area contributed by atoms with Crippen LogP contribution in [0.25, 0.3) is 0 Å². The number of benzene rings is 1. The number of nitrogens with one attached hydrogen (secondary N) is 1. The average molecular weight is 236 g/mol. The minimum absolute atomic E-state index is 0.328. The van der Waals surface area contributed by atoms with E-state index in [0.29, 0.717) is 13.1 Å². The smallest absolute Gasteiger partial charge is 0.394 e. The van der Waals surface area contributed by atoms with Crippen molar-refractivity contribution in [3.63, 3.8) is 0 Å². The number of nitrogens with zero attached hydrogens (tertiary/aromatic N) is 1. The summed E-state index contributed by atoms with van der Waals surface area (Å²) in [5.41, 5.74) is 1.18. The quantitative estimate of drug-likeness (QED) is 0.722. The first-order valence-electron chi connectivity index (χ1n) is 5.33. The molecule has 0 heterocycles. The molecule has 92 valence electrons. The van der Waals surface area contributed by atoms with E-state index in [2.05, 4.69) is 5.32 Å². The van der Waals surface area contributed by atoms with E-state index >= 15 is 0 Å². The molecule has 0 aromatic heterocycles. The van der Waals surface area contributed by atoms with Gasteiger partial charge in [0.25, 0.3) is 0 Å². The summed E-state index contributed by atoms with van der Waals surface area (Å²) >= 11 is 0. The highest BCUT2D eigenvalue weighted by atomic mass is 16.4. The van der Waals surface area contributed by atoms with Crippen LogP contribution in [0.1, 0.15) is 5.56 Å². The molecule has 1 amide bonds. The number of hydrogen-bond acceptors (Lipinski definition) is 3. The summed E-state index contributed by atoms with van der Waals surface area (Å²) in [6.45, 7) is 1.70. The molecule has 5 nitrogen and oxygen atoms in total. The molecule has 0 spiro atoms. The van der Waals surface area contributed by atoms with Crippen LogP contribution in [0.2, 0.25) is 0 Å². The van der Waals surface area contributed by atoms with Crippen LogP contribution in [-0.4, -0.2) is 42.0 Å². The predicted molar refractivity (Wildman–Crippen MR) is 63.4 cm³/mol. The number of likely N-dealkylation sites (N-methyl/N-ethyl adjacent to an activating group) is 1. The van der Waals surface area contributed by atoms with E-state index in [4.69, 9.17) is 5.11 Å². The molecule has 0 fully saturated rings. The molecule has 0 aliphatic rings. The molecule has 2 N–H and O–H groups in total. The molecule has 0 saturated carbocycles. The van der Waals surface area contributed by atoms with Gasteiger partial charge in [-0.3, -0.25) is 4.79 Å². The maximum atomic E-state index is 10.8. The highest BCUT2D eigenvalue weighted by molar-refractivity contribution is 6.31. The predicted octanol–water partition coefficient (Wildman–Crippen LogP) is 0.319. The molecule has 1 aromatic carbocycles. The number of carboxylic acid groups (broad SMARTS) is 1. The van der Waals surface area contributed by atoms with Gasteiger partial charge < -0.3 is 15.3 Å². The number of amides is 1.